The summed E-state index contributed by atoms with van der Waals surface area (Å²) in [7, 11) is 3.66. The molecular formula is C17H29IN6O. The summed E-state index contributed by atoms with van der Waals surface area (Å²) < 4.78 is 1.72. The van der Waals surface area contributed by atoms with E-state index in [1.54, 1.807) is 22.8 Å². The number of anilines is 1. The number of halogens is 1. The summed E-state index contributed by atoms with van der Waals surface area (Å²) in [5.41, 5.74) is 0.868. The second-order valence-electron chi connectivity index (χ2n) is 6.77. The van der Waals surface area contributed by atoms with Crippen molar-refractivity contribution in [1.82, 2.24) is 20.0 Å². The molecule has 2 heterocycles. The van der Waals surface area contributed by atoms with Crippen LogP contribution in [0.1, 0.15) is 32.1 Å². The van der Waals surface area contributed by atoms with Crippen molar-refractivity contribution in [3.05, 3.63) is 12.4 Å². The zero-order valence-electron chi connectivity index (χ0n) is 15.1. The molecule has 0 radical (unpaired) electrons. The molecule has 1 aliphatic carbocycles. The van der Waals surface area contributed by atoms with Crippen molar-refractivity contribution in [1.29, 1.82) is 0 Å². The van der Waals surface area contributed by atoms with Gasteiger partial charge in [0.05, 0.1) is 11.9 Å². The molecule has 1 saturated carbocycles. The van der Waals surface area contributed by atoms with Crippen LogP contribution in [0.15, 0.2) is 17.4 Å². The van der Waals surface area contributed by atoms with Gasteiger partial charge in [-0.25, -0.2) is 0 Å². The fourth-order valence-corrected chi connectivity index (χ4v) is 3.63. The summed E-state index contributed by atoms with van der Waals surface area (Å²) in [4.78, 5) is 20.7. The number of guanidine groups is 1. The first kappa shape index (κ1) is 20.0. The van der Waals surface area contributed by atoms with E-state index in [-0.39, 0.29) is 29.9 Å². The number of aromatic nitrogens is 2. The topological polar surface area (TPSA) is 65.8 Å². The zero-order chi connectivity index (χ0) is 16.9. The Morgan fingerprint density at radius 1 is 1.32 bits per heavy atom. The second-order valence-corrected chi connectivity index (χ2v) is 6.77. The Hall–Kier alpha value is -1.32. The van der Waals surface area contributed by atoms with Crippen molar-refractivity contribution in [3.63, 3.8) is 0 Å². The highest BCUT2D eigenvalue weighted by atomic mass is 127. The zero-order valence-corrected chi connectivity index (χ0v) is 17.5. The molecule has 1 amide bonds. The van der Waals surface area contributed by atoms with Crippen LogP contribution < -0.4 is 10.2 Å². The van der Waals surface area contributed by atoms with E-state index in [2.05, 4.69) is 20.3 Å². The predicted octanol–water partition coefficient (Wildman–Crippen LogP) is 1.84. The van der Waals surface area contributed by atoms with Crippen LogP contribution in [0.2, 0.25) is 0 Å². The maximum Gasteiger partial charge on any atom is 0.246 e. The minimum Gasteiger partial charge on any atom is -0.356 e. The van der Waals surface area contributed by atoms with Gasteiger partial charge in [-0.1, -0.05) is 19.3 Å². The van der Waals surface area contributed by atoms with E-state index in [0.29, 0.717) is 13.1 Å². The molecule has 1 saturated heterocycles. The van der Waals surface area contributed by atoms with Gasteiger partial charge in [-0.2, -0.15) is 5.10 Å². The van der Waals surface area contributed by atoms with E-state index in [1.165, 1.54) is 32.1 Å². The van der Waals surface area contributed by atoms with Gasteiger partial charge in [-0.3, -0.25) is 14.5 Å². The van der Waals surface area contributed by atoms with Crippen molar-refractivity contribution in [2.45, 2.75) is 32.1 Å². The molecule has 1 aliphatic heterocycles. The Morgan fingerprint density at radius 3 is 2.68 bits per heavy atom. The third-order valence-electron chi connectivity index (χ3n) is 5.01. The van der Waals surface area contributed by atoms with Crippen molar-refractivity contribution in [2.75, 3.05) is 38.1 Å². The van der Waals surface area contributed by atoms with Gasteiger partial charge in [-0.05, 0) is 18.8 Å². The summed E-state index contributed by atoms with van der Waals surface area (Å²) in [6.07, 6.45) is 10.3. The van der Waals surface area contributed by atoms with Crippen LogP contribution in [-0.2, 0) is 11.8 Å². The number of hydrogen-bond acceptors (Lipinski definition) is 3. The highest BCUT2D eigenvalue weighted by Crippen LogP contribution is 2.23. The number of aryl methyl sites for hydroxylation is 1. The Morgan fingerprint density at radius 2 is 2.08 bits per heavy atom. The molecule has 0 aromatic carbocycles. The third-order valence-corrected chi connectivity index (χ3v) is 5.01. The van der Waals surface area contributed by atoms with E-state index in [0.717, 1.165) is 30.7 Å². The lowest BCUT2D eigenvalue weighted by molar-refractivity contribution is -0.120. The molecule has 0 unspecified atom stereocenters. The molecule has 0 bridgehead atoms. The number of piperazine rings is 1. The average molecular weight is 460 g/mol. The molecule has 0 spiro atoms. The van der Waals surface area contributed by atoms with Gasteiger partial charge < -0.3 is 15.1 Å². The molecule has 1 aromatic heterocycles. The van der Waals surface area contributed by atoms with Gasteiger partial charge in [0.2, 0.25) is 5.91 Å². The molecular weight excluding hydrogens is 431 g/mol. The minimum absolute atomic E-state index is 0. The quantitative estimate of drug-likeness (QED) is 0.425. The van der Waals surface area contributed by atoms with Gasteiger partial charge >= 0.3 is 0 Å². The maximum absolute atomic E-state index is 12.5. The standard InChI is InChI=1S/C17H28N6O.HI/c1-18-17(19-10-14-6-4-3-5-7-14)22-8-9-23(16(24)13-22)15-11-20-21(2)12-15;/h11-12,14H,3-10,13H2,1-2H3,(H,18,19);1H. The van der Waals surface area contributed by atoms with Crippen molar-refractivity contribution in [3.8, 4) is 0 Å². The highest BCUT2D eigenvalue weighted by molar-refractivity contribution is 14.0. The lowest BCUT2D eigenvalue weighted by Crippen LogP contribution is -2.55. The van der Waals surface area contributed by atoms with Gasteiger partial charge in [0.15, 0.2) is 5.96 Å². The fourth-order valence-electron chi connectivity index (χ4n) is 3.63. The van der Waals surface area contributed by atoms with Gasteiger partial charge in [0.1, 0.15) is 6.54 Å². The Labute approximate surface area is 166 Å². The molecule has 1 N–H and O–H groups in total. The van der Waals surface area contributed by atoms with Crippen molar-refractivity contribution in [2.24, 2.45) is 18.0 Å². The number of aliphatic imine (C=N–C) groups is 1. The number of nitrogens with zero attached hydrogens (tertiary/aromatic N) is 5. The Bertz CT molecular complexity index is 596. The number of nitrogens with one attached hydrogen (secondary N) is 1. The van der Waals surface area contributed by atoms with Crippen LogP contribution in [0.3, 0.4) is 0 Å². The molecule has 140 valence electrons. The first-order valence-electron chi connectivity index (χ1n) is 8.92. The Balaban J connectivity index is 0.00000225. The van der Waals surface area contributed by atoms with E-state index in [9.17, 15) is 4.79 Å². The molecule has 7 nitrogen and oxygen atoms in total. The van der Waals surface area contributed by atoms with Crippen LogP contribution >= 0.6 is 24.0 Å². The van der Waals surface area contributed by atoms with Crippen LogP contribution in [0, 0.1) is 5.92 Å². The number of amides is 1. The lowest BCUT2D eigenvalue weighted by atomic mass is 9.89. The predicted molar refractivity (Wildman–Crippen MR) is 110 cm³/mol. The molecule has 8 heteroatoms. The van der Waals surface area contributed by atoms with Gasteiger partial charge in [0, 0.05) is 39.9 Å². The van der Waals surface area contributed by atoms with Crippen molar-refractivity contribution < 1.29 is 4.79 Å². The summed E-state index contributed by atoms with van der Waals surface area (Å²) >= 11 is 0. The Kier molecular flexibility index (Phi) is 7.52. The molecule has 2 fully saturated rings. The largest absolute Gasteiger partial charge is 0.356 e. The molecule has 2 aliphatic rings. The summed E-state index contributed by atoms with van der Waals surface area (Å²) in [5, 5.41) is 7.63. The average Bonchev–Trinajstić information content (AvgIpc) is 3.02. The lowest BCUT2D eigenvalue weighted by Gasteiger charge is -2.36. The van der Waals surface area contributed by atoms with Crippen LogP contribution in [0.5, 0.6) is 0 Å². The summed E-state index contributed by atoms with van der Waals surface area (Å²) in [6.45, 7) is 2.77. The fraction of sp³-hybridized carbons (Fsp3) is 0.706. The van der Waals surface area contributed by atoms with E-state index in [1.807, 2.05) is 13.2 Å². The number of carbonyl (C=O) groups excluding carboxylic acids is 1. The second kappa shape index (κ2) is 9.40. The van der Waals surface area contributed by atoms with Gasteiger partial charge in [0.25, 0.3) is 0 Å². The van der Waals surface area contributed by atoms with Gasteiger partial charge in [-0.15, -0.1) is 24.0 Å². The number of carbonyl (C=O) groups is 1. The van der Waals surface area contributed by atoms with Crippen LogP contribution in [-0.4, -0.2) is 59.8 Å². The molecule has 0 atom stereocenters. The summed E-state index contributed by atoms with van der Waals surface area (Å²) in [6, 6.07) is 0. The van der Waals surface area contributed by atoms with Crippen LogP contribution in [0.4, 0.5) is 5.69 Å². The summed E-state index contributed by atoms with van der Waals surface area (Å²) in [5.74, 6) is 1.68. The van der Waals surface area contributed by atoms with Crippen LogP contribution in [0.25, 0.3) is 0 Å². The first-order valence-corrected chi connectivity index (χ1v) is 8.92. The number of rotatable bonds is 3. The minimum atomic E-state index is 0. The van der Waals surface area contributed by atoms with Crippen molar-refractivity contribution >= 4 is 41.5 Å². The highest BCUT2D eigenvalue weighted by Gasteiger charge is 2.28. The number of hydrogen-bond donors (Lipinski definition) is 1. The normalized spacial score (nSPS) is 19.8. The monoisotopic (exact) mass is 460 g/mol. The maximum atomic E-state index is 12.5. The smallest absolute Gasteiger partial charge is 0.246 e. The molecule has 3 rings (SSSR count). The first-order chi connectivity index (χ1) is 11.7. The van der Waals surface area contributed by atoms with E-state index >= 15 is 0 Å². The SMILES string of the molecule is CN=C(NCC1CCCCC1)N1CCN(c2cnn(C)c2)C(=O)C1.I. The third kappa shape index (κ3) is 5.08. The molecule has 1 aromatic rings. The molecule has 25 heavy (non-hydrogen) atoms. The van der Waals surface area contributed by atoms with E-state index < -0.39 is 0 Å². The van der Waals surface area contributed by atoms with E-state index in [4.69, 9.17) is 0 Å².